The monoisotopic (exact) mass is 177 g/mol. The second kappa shape index (κ2) is 4.30. The molecule has 0 aliphatic carbocycles. The second-order valence-electron chi connectivity index (χ2n) is 2.46. The molecule has 0 bridgehead atoms. The van der Waals surface area contributed by atoms with Gasteiger partial charge in [0, 0.05) is 25.0 Å². The van der Waals surface area contributed by atoms with Gasteiger partial charge in [-0.3, -0.25) is 0 Å². The van der Waals surface area contributed by atoms with Crippen molar-refractivity contribution in [1.82, 2.24) is 4.57 Å². The van der Waals surface area contributed by atoms with Crippen molar-refractivity contribution < 1.29 is 9.53 Å². The molecule has 1 aromatic rings. The standard InChI is InChI=1S/C10H11NO2/c1-3-6-11-7-5-9(8-11)13-10(12)4-2/h3-5,7-8H,1-2,6H2. The first kappa shape index (κ1) is 9.32. The summed E-state index contributed by atoms with van der Waals surface area (Å²) in [7, 11) is 0. The molecule has 1 aromatic heterocycles. The molecule has 0 saturated carbocycles. The topological polar surface area (TPSA) is 31.2 Å². The van der Waals surface area contributed by atoms with E-state index in [1.54, 1.807) is 18.3 Å². The Morgan fingerprint density at radius 2 is 2.38 bits per heavy atom. The zero-order valence-corrected chi connectivity index (χ0v) is 7.27. The van der Waals surface area contributed by atoms with Gasteiger partial charge in [0.25, 0.3) is 0 Å². The van der Waals surface area contributed by atoms with Crippen LogP contribution in [0.2, 0.25) is 0 Å². The highest BCUT2D eigenvalue weighted by Crippen LogP contribution is 2.11. The summed E-state index contributed by atoms with van der Waals surface area (Å²) in [5.41, 5.74) is 0. The maximum absolute atomic E-state index is 10.8. The van der Waals surface area contributed by atoms with Gasteiger partial charge >= 0.3 is 5.97 Å². The molecule has 0 aliphatic rings. The number of carbonyl (C=O) groups is 1. The van der Waals surface area contributed by atoms with Gasteiger partial charge in [0.1, 0.15) is 5.75 Å². The van der Waals surface area contributed by atoms with E-state index >= 15 is 0 Å². The summed E-state index contributed by atoms with van der Waals surface area (Å²) in [6.07, 6.45) is 6.43. The minimum Gasteiger partial charge on any atom is -0.422 e. The first-order valence-corrected chi connectivity index (χ1v) is 3.87. The van der Waals surface area contributed by atoms with Crippen LogP contribution in [0.25, 0.3) is 0 Å². The van der Waals surface area contributed by atoms with E-state index in [2.05, 4.69) is 13.2 Å². The van der Waals surface area contributed by atoms with Crippen LogP contribution in [-0.2, 0) is 11.3 Å². The van der Waals surface area contributed by atoms with E-state index in [4.69, 9.17) is 4.74 Å². The number of carbonyl (C=O) groups excluding carboxylic acids is 1. The smallest absolute Gasteiger partial charge is 0.335 e. The third-order valence-electron chi connectivity index (χ3n) is 1.45. The Hall–Kier alpha value is -1.77. The van der Waals surface area contributed by atoms with Crippen molar-refractivity contribution in [2.45, 2.75) is 6.54 Å². The van der Waals surface area contributed by atoms with Crippen molar-refractivity contribution in [2.24, 2.45) is 0 Å². The van der Waals surface area contributed by atoms with Gasteiger partial charge in [-0.2, -0.15) is 0 Å². The normalized spacial score (nSPS) is 9.23. The summed E-state index contributed by atoms with van der Waals surface area (Å²) >= 11 is 0. The van der Waals surface area contributed by atoms with Crippen LogP contribution in [0.5, 0.6) is 5.75 Å². The second-order valence-corrected chi connectivity index (χ2v) is 2.46. The SMILES string of the molecule is C=CCn1ccc(OC(=O)C=C)c1. The van der Waals surface area contributed by atoms with Crippen molar-refractivity contribution in [3.63, 3.8) is 0 Å². The molecule has 3 heteroatoms. The fourth-order valence-corrected chi connectivity index (χ4v) is 0.900. The Kier molecular flexibility index (Phi) is 3.09. The van der Waals surface area contributed by atoms with Crippen LogP contribution >= 0.6 is 0 Å². The number of allylic oxidation sites excluding steroid dienone is 1. The summed E-state index contributed by atoms with van der Waals surface area (Å²) in [6.45, 7) is 7.60. The van der Waals surface area contributed by atoms with E-state index in [1.165, 1.54) is 0 Å². The number of rotatable bonds is 4. The molecule has 0 aromatic carbocycles. The van der Waals surface area contributed by atoms with Gasteiger partial charge in [-0.1, -0.05) is 12.7 Å². The minimum atomic E-state index is -0.448. The maximum Gasteiger partial charge on any atom is 0.335 e. The summed E-state index contributed by atoms with van der Waals surface area (Å²) in [5, 5.41) is 0. The highest BCUT2D eigenvalue weighted by Gasteiger charge is 2.00. The lowest BCUT2D eigenvalue weighted by Crippen LogP contribution is -2.02. The van der Waals surface area contributed by atoms with E-state index in [0.29, 0.717) is 12.3 Å². The Morgan fingerprint density at radius 3 is 3.00 bits per heavy atom. The van der Waals surface area contributed by atoms with E-state index in [1.807, 2.05) is 10.8 Å². The predicted octanol–water partition coefficient (Wildman–Crippen LogP) is 1.77. The van der Waals surface area contributed by atoms with Gasteiger partial charge in [-0.25, -0.2) is 4.79 Å². The van der Waals surface area contributed by atoms with Crippen LogP contribution in [0.15, 0.2) is 43.8 Å². The Bertz CT molecular complexity index is 325. The van der Waals surface area contributed by atoms with Crippen molar-refractivity contribution >= 4 is 5.97 Å². The van der Waals surface area contributed by atoms with E-state index in [9.17, 15) is 4.79 Å². The summed E-state index contributed by atoms with van der Waals surface area (Å²) in [5.74, 6) is 0.0723. The molecular formula is C10H11NO2. The van der Waals surface area contributed by atoms with Crippen molar-refractivity contribution in [3.8, 4) is 5.75 Å². The van der Waals surface area contributed by atoms with Crippen LogP contribution in [0.3, 0.4) is 0 Å². The van der Waals surface area contributed by atoms with Gasteiger partial charge in [0.15, 0.2) is 0 Å². The van der Waals surface area contributed by atoms with Crippen LogP contribution in [-0.4, -0.2) is 10.5 Å². The maximum atomic E-state index is 10.8. The third kappa shape index (κ3) is 2.63. The largest absolute Gasteiger partial charge is 0.422 e. The summed E-state index contributed by atoms with van der Waals surface area (Å²) in [6, 6.07) is 1.71. The highest BCUT2D eigenvalue weighted by molar-refractivity contribution is 5.83. The van der Waals surface area contributed by atoms with Gasteiger partial charge in [0.2, 0.25) is 0 Å². The molecule has 0 atom stereocenters. The van der Waals surface area contributed by atoms with Crippen molar-refractivity contribution in [2.75, 3.05) is 0 Å². The van der Waals surface area contributed by atoms with Gasteiger partial charge in [-0.05, 0) is 6.07 Å². The number of aromatic nitrogens is 1. The highest BCUT2D eigenvalue weighted by atomic mass is 16.5. The number of hydrogen-bond donors (Lipinski definition) is 0. The minimum absolute atomic E-state index is 0.448. The van der Waals surface area contributed by atoms with Gasteiger partial charge < -0.3 is 9.30 Å². The lowest BCUT2D eigenvalue weighted by molar-refractivity contribution is -0.128. The molecule has 0 unspecified atom stereocenters. The molecule has 1 rings (SSSR count). The van der Waals surface area contributed by atoms with Crippen molar-refractivity contribution in [3.05, 3.63) is 43.8 Å². The lowest BCUT2D eigenvalue weighted by Gasteiger charge is -1.96. The molecule has 68 valence electrons. The molecule has 0 spiro atoms. The van der Waals surface area contributed by atoms with Gasteiger partial charge in [0.05, 0.1) is 0 Å². The predicted molar refractivity (Wildman–Crippen MR) is 50.5 cm³/mol. The average molecular weight is 177 g/mol. The van der Waals surface area contributed by atoms with Crippen LogP contribution in [0.4, 0.5) is 0 Å². The fourth-order valence-electron chi connectivity index (χ4n) is 0.900. The third-order valence-corrected chi connectivity index (χ3v) is 1.45. The van der Waals surface area contributed by atoms with Crippen LogP contribution in [0, 0.1) is 0 Å². The van der Waals surface area contributed by atoms with Crippen LogP contribution < -0.4 is 4.74 Å². The average Bonchev–Trinajstić information content (AvgIpc) is 2.53. The van der Waals surface area contributed by atoms with Crippen LogP contribution in [0.1, 0.15) is 0 Å². The number of nitrogens with zero attached hydrogens (tertiary/aromatic N) is 1. The molecule has 0 radical (unpaired) electrons. The Morgan fingerprint density at radius 1 is 1.62 bits per heavy atom. The zero-order valence-electron chi connectivity index (χ0n) is 7.27. The molecular weight excluding hydrogens is 166 g/mol. The lowest BCUT2D eigenvalue weighted by atomic mass is 10.6. The molecule has 0 N–H and O–H groups in total. The van der Waals surface area contributed by atoms with Gasteiger partial charge in [-0.15, -0.1) is 6.58 Å². The van der Waals surface area contributed by atoms with E-state index in [0.717, 1.165) is 6.08 Å². The van der Waals surface area contributed by atoms with E-state index in [-0.39, 0.29) is 0 Å². The number of hydrogen-bond acceptors (Lipinski definition) is 2. The fraction of sp³-hybridized carbons (Fsp3) is 0.100. The molecule has 0 fully saturated rings. The Labute approximate surface area is 76.9 Å². The quantitative estimate of drug-likeness (QED) is 0.398. The zero-order chi connectivity index (χ0) is 9.68. The summed E-state index contributed by atoms with van der Waals surface area (Å²) < 4.78 is 6.74. The molecule has 0 saturated heterocycles. The Balaban J connectivity index is 2.63. The molecule has 3 nitrogen and oxygen atoms in total. The molecule has 1 heterocycles. The molecule has 0 amide bonds. The molecule has 13 heavy (non-hydrogen) atoms. The number of ether oxygens (including phenoxy) is 1. The first-order valence-electron chi connectivity index (χ1n) is 3.87. The first-order chi connectivity index (χ1) is 6.26. The van der Waals surface area contributed by atoms with Crippen molar-refractivity contribution in [1.29, 1.82) is 0 Å². The number of esters is 1. The molecule has 0 aliphatic heterocycles. The van der Waals surface area contributed by atoms with E-state index < -0.39 is 5.97 Å². The summed E-state index contributed by atoms with van der Waals surface area (Å²) in [4.78, 5) is 10.8.